The van der Waals surface area contributed by atoms with E-state index >= 15 is 0 Å². The highest BCUT2D eigenvalue weighted by molar-refractivity contribution is 5.29. The van der Waals surface area contributed by atoms with Crippen molar-refractivity contribution in [3.63, 3.8) is 0 Å². The molecule has 0 saturated heterocycles. The predicted octanol–water partition coefficient (Wildman–Crippen LogP) is 0.948. The molecular weight excluding hydrogens is 265 g/mol. The largest absolute Gasteiger partial charge is 0.488 e. The lowest BCUT2D eigenvalue weighted by atomic mass is 10.2. The van der Waals surface area contributed by atoms with Crippen LogP contribution in [0.15, 0.2) is 18.2 Å². The smallest absolute Gasteiger partial charge is 0.165 e. The first-order valence-corrected chi connectivity index (χ1v) is 6.48. The fourth-order valence-electron chi connectivity index (χ4n) is 1.57. The maximum Gasteiger partial charge on any atom is 0.165 e. The van der Waals surface area contributed by atoms with Gasteiger partial charge in [0.1, 0.15) is 12.7 Å². The lowest BCUT2D eigenvalue weighted by Gasteiger charge is -2.13. The van der Waals surface area contributed by atoms with Gasteiger partial charge in [-0.25, -0.2) is 4.39 Å². The molecule has 1 aromatic carbocycles. The van der Waals surface area contributed by atoms with Crippen LogP contribution in [0.4, 0.5) is 4.39 Å². The van der Waals surface area contributed by atoms with E-state index in [1.807, 2.05) is 0 Å². The summed E-state index contributed by atoms with van der Waals surface area (Å²) in [7, 11) is 3.37. The summed E-state index contributed by atoms with van der Waals surface area (Å²) in [4.78, 5) is 0. The molecule has 0 fully saturated rings. The van der Waals surface area contributed by atoms with E-state index in [-0.39, 0.29) is 19.0 Å². The van der Waals surface area contributed by atoms with Gasteiger partial charge in [-0.1, -0.05) is 6.07 Å². The third kappa shape index (κ3) is 6.29. The molecule has 0 bridgehead atoms. The second-order valence-corrected chi connectivity index (χ2v) is 4.33. The number of methoxy groups -OCH3 is 1. The van der Waals surface area contributed by atoms with Crippen molar-refractivity contribution in [3.05, 3.63) is 29.6 Å². The molecule has 0 aliphatic heterocycles. The fraction of sp³-hybridized carbons (Fsp3) is 0.571. The Kier molecular flexibility index (Phi) is 8.13. The standard InChI is InChI=1S/C14H22FNO4/c1-16-8-11-3-4-14(13(15)7-11)20-10-12(17)9-19-6-5-18-2/h3-4,7,12,16-17H,5-6,8-10H2,1-2H3. The first-order valence-electron chi connectivity index (χ1n) is 6.48. The summed E-state index contributed by atoms with van der Waals surface area (Å²) in [5, 5.41) is 12.6. The molecule has 0 saturated carbocycles. The Morgan fingerprint density at radius 1 is 1.30 bits per heavy atom. The monoisotopic (exact) mass is 287 g/mol. The van der Waals surface area contributed by atoms with Crippen molar-refractivity contribution < 1.29 is 23.7 Å². The number of ether oxygens (including phenoxy) is 3. The van der Waals surface area contributed by atoms with Crippen molar-refractivity contribution in [1.82, 2.24) is 5.32 Å². The van der Waals surface area contributed by atoms with Gasteiger partial charge in [0, 0.05) is 13.7 Å². The quantitative estimate of drug-likeness (QED) is 0.627. The van der Waals surface area contributed by atoms with Gasteiger partial charge < -0.3 is 24.6 Å². The van der Waals surface area contributed by atoms with E-state index < -0.39 is 11.9 Å². The van der Waals surface area contributed by atoms with E-state index in [0.29, 0.717) is 19.8 Å². The van der Waals surface area contributed by atoms with Crippen LogP contribution in [-0.2, 0) is 16.0 Å². The number of aliphatic hydroxyl groups excluding tert-OH is 1. The molecule has 5 nitrogen and oxygen atoms in total. The number of nitrogens with one attached hydrogen (secondary N) is 1. The van der Waals surface area contributed by atoms with Gasteiger partial charge in [0.2, 0.25) is 0 Å². The van der Waals surface area contributed by atoms with Crippen LogP contribution in [0, 0.1) is 5.82 Å². The average molecular weight is 287 g/mol. The highest BCUT2D eigenvalue weighted by Gasteiger charge is 2.09. The Morgan fingerprint density at radius 2 is 2.10 bits per heavy atom. The number of benzene rings is 1. The number of halogens is 1. The van der Waals surface area contributed by atoms with Crippen LogP contribution >= 0.6 is 0 Å². The van der Waals surface area contributed by atoms with E-state index in [1.165, 1.54) is 6.07 Å². The van der Waals surface area contributed by atoms with E-state index in [0.717, 1.165) is 5.56 Å². The van der Waals surface area contributed by atoms with E-state index in [4.69, 9.17) is 14.2 Å². The van der Waals surface area contributed by atoms with Gasteiger partial charge in [-0.05, 0) is 24.7 Å². The van der Waals surface area contributed by atoms with Crippen molar-refractivity contribution >= 4 is 0 Å². The van der Waals surface area contributed by atoms with E-state index in [1.54, 1.807) is 26.3 Å². The zero-order valence-electron chi connectivity index (χ0n) is 11.9. The summed E-state index contributed by atoms with van der Waals surface area (Å²) >= 11 is 0. The molecule has 0 aromatic heterocycles. The van der Waals surface area contributed by atoms with Gasteiger partial charge in [-0.2, -0.15) is 0 Å². The lowest BCUT2D eigenvalue weighted by molar-refractivity contribution is -0.00469. The minimum absolute atomic E-state index is 0.0186. The molecule has 0 heterocycles. The van der Waals surface area contributed by atoms with Crippen molar-refractivity contribution in [3.8, 4) is 5.75 Å². The number of hydrogen-bond donors (Lipinski definition) is 2. The molecule has 1 atom stereocenters. The predicted molar refractivity (Wildman–Crippen MR) is 73.4 cm³/mol. The molecule has 1 aromatic rings. The van der Waals surface area contributed by atoms with Crippen molar-refractivity contribution in [1.29, 1.82) is 0 Å². The summed E-state index contributed by atoms with van der Waals surface area (Å²) < 4.78 is 28.9. The molecule has 114 valence electrons. The maximum atomic E-state index is 13.7. The topological polar surface area (TPSA) is 60.0 Å². The van der Waals surface area contributed by atoms with Gasteiger partial charge >= 0.3 is 0 Å². The molecular formula is C14H22FNO4. The Morgan fingerprint density at radius 3 is 2.75 bits per heavy atom. The molecule has 0 spiro atoms. The zero-order chi connectivity index (χ0) is 14.8. The minimum Gasteiger partial charge on any atom is -0.488 e. The molecule has 0 amide bonds. The molecule has 1 rings (SSSR count). The Labute approximate surface area is 118 Å². The zero-order valence-corrected chi connectivity index (χ0v) is 11.9. The van der Waals surface area contributed by atoms with Crippen molar-refractivity contribution in [2.45, 2.75) is 12.6 Å². The highest BCUT2D eigenvalue weighted by Crippen LogP contribution is 2.18. The number of aliphatic hydroxyl groups is 1. The third-order valence-electron chi connectivity index (χ3n) is 2.55. The second kappa shape index (κ2) is 9.66. The maximum absolute atomic E-state index is 13.7. The summed E-state index contributed by atoms with van der Waals surface area (Å²) in [6, 6.07) is 4.74. The first-order chi connectivity index (χ1) is 9.67. The summed E-state index contributed by atoms with van der Waals surface area (Å²) in [6.45, 7) is 1.57. The van der Waals surface area contributed by atoms with Crippen LogP contribution in [0.25, 0.3) is 0 Å². The fourth-order valence-corrected chi connectivity index (χ4v) is 1.57. The molecule has 2 N–H and O–H groups in total. The second-order valence-electron chi connectivity index (χ2n) is 4.33. The normalized spacial score (nSPS) is 12.4. The van der Waals surface area contributed by atoms with Gasteiger partial charge in [0.25, 0.3) is 0 Å². The summed E-state index contributed by atoms with van der Waals surface area (Å²) in [5.41, 5.74) is 0.834. The first kappa shape index (κ1) is 16.8. The molecule has 20 heavy (non-hydrogen) atoms. The molecule has 0 aliphatic carbocycles. The molecule has 0 aliphatic rings. The highest BCUT2D eigenvalue weighted by atomic mass is 19.1. The number of rotatable bonds is 10. The minimum atomic E-state index is -0.803. The van der Waals surface area contributed by atoms with Gasteiger partial charge in [0.05, 0.1) is 19.8 Å². The SMILES string of the molecule is CNCc1ccc(OCC(O)COCCOC)c(F)c1. The Bertz CT molecular complexity index is 389. The number of hydrogen-bond acceptors (Lipinski definition) is 5. The van der Waals surface area contributed by atoms with Crippen LogP contribution in [0.3, 0.4) is 0 Å². The Balaban J connectivity index is 2.33. The van der Waals surface area contributed by atoms with Crippen LogP contribution in [0.5, 0.6) is 5.75 Å². The van der Waals surface area contributed by atoms with Crippen LogP contribution in [0.1, 0.15) is 5.56 Å². The van der Waals surface area contributed by atoms with Crippen LogP contribution in [0.2, 0.25) is 0 Å². The van der Waals surface area contributed by atoms with Crippen LogP contribution < -0.4 is 10.1 Å². The summed E-state index contributed by atoms with van der Waals surface area (Å²) in [5.74, 6) is -0.314. The van der Waals surface area contributed by atoms with Crippen molar-refractivity contribution in [2.75, 3.05) is 40.6 Å². The lowest BCUT2D eigenvalue weighted by Crippen LogP contribution is -2.24. The molecule has 1 unspecified atom stereocenters. The Hall–Kier alpha value is -1.21. The van der Waals surface area contributed by atoms with Crippen LogP contribution in [-0.4, -0.2) is 51.8 Å². The van der Waals surface area contributed by atoms with Gasteiger partial charge in [0.15, 0.2) is 11.6 Å². The van der Waals surface area contributed by atoms with E-state index in [9.17, 15) is 9.50 Å². The third-order valence-corrected chi connectivity index (χ3v) is 2.55. The molecule has 6 heteroatoms. The summed E-state index contributed by atoms with van der Waals surface area (Å²) in [6.07, 6.45) is -0.803. The van der Waals surface area contributed by atoms with Gasteiger partial charge in [-0.3, -0.25) is 0 Å². The average Bonchev–Trinajstić information content (AvgIpc) is 2.43. The van der Waals surface area contributed by atoms with Crippen molar-refractivity contribution in [2.24, 2.45) is 0 Å². The van der Waals surface area contributed by atoms with E-state index in [2.05, 4.69) is 5.32 Å². The molecule has 0 radical (unpaired) electrons. The van der Waals surface area contributed by atoms with Gasteiger partial charge in [-0.15, -0.1) is 0 Å².